The molecule has 0 bridgehead atoms. The monoisotopic (exact) mass is 408 g/mol. The van der Waals surface area contributed by atoms with Crippen LogP contribution in [-0.2, 0) is 9.53 Å². The van der Waals surface area contributed by atoms with Crippen molar-refractivity contribution in [2.45, 2.75) is 13.8 Å². The van der Waals surface area contributed by atoms with Gasteiger partial charge in [0.15, 0.2) is 18.1 Å². The molecule has 0 spiro atoms. The second-order valence-electron chi connectivity index (χ2n) is 5.62. The van der Waals surface area contributed by atoms with Gasteiger partial charge in [-0.1, -0.05) is 17.7 Å². The van der Waals surface area contributed by atoms with Crippen LogP contribution < -0.4 is 10.1 Å². The first-order chi connectivity index (χ1) is 13.2. The molecule has 2 aromatic rings. The number of benzene rings is 2. The van der Waals surface area contributed by atoms with Gasteiger partial charge < -0.3 is 19.9 Å². The van der Waals surface area contributed by atoms with Crippen LogP contribution >= 0.6 is 11.6 Å². The van der Waals surface area contributed by atoms with Crippen molar-refractivity contribution in [3.63, 3.8) is 0 Å². The number of amides is 1. The number of carbonyl (C=O) groups is 2. The third-order valence-electron chi connectivity index (χ3n) is 3.60. The zero-order valence-corrected chi connectivity index (χ0v) is 15.8. The van der Waals surface area contributed by atoms with E-state index in [4.69, 9.17) is 21.1 Å². The average molecular weight is 409 g/mol. The van der Waals surface area contributed by atoms with E-state index in [1.807, 2.05) is 0 Å². The number of nitro groups is 1. The Labute approximate surface area is 165 Å². The van der Waals surface area contributed by atoms with Gasteiger partial charge in [0.1, 0.15) is 0 Å². The van der Waals surface area contributed by atoms with Gasteiger partial charge in [-0.05, 0) is 31.5 Å². The van der Waals surface area contributed by atoms with E-state index in [0.717, 1.165) is 0 Å². The molecule has 0 saturated heterocycles. The third-order valence-corrected chi connectivity index (χ3v) is 3.89. The molecule has 148 valence electrons. The van der Waals surface area contributed by atoms with E-state index in [1.54, 1.807) is 13.8 Å². The van der Waals surface area contributed by atoms with Crippen molar-refractivity contribution in [1.82, 2.24) is 0 Å². The minimum atomic E-state index is -0.853. The highest BCUT2D eigenvalue weighted by Gasteiger charge is 2.17. The molecule has 9 nitrogen and oxygen atoms in total. The molecule has 0 aliphatic heterocycles. The van der Waals surface area contributed by atoms with Gasteiger partial charge in [0.25, 0.3) is 11.6 Å². The highest BCUT2D eigenvalue weighted by Crippen LogP contribution is 2.35. The van der Waals surface area contributed by atoms with E-state index >= 15 is 0 Å². The number of nitro benzene ring substituents is 1. The quantitative estimate of drug-likeness (QED) is 0.407. The normalized spacial score (nSPS) is 10.2. The number of anilines is 1. The number of non-ortho nitro benzene ring substituents is 1. The Morgan fingerprint density at radius 1 is 1.29 bits per heavy atom. The molecular weight excluding hydrogens is 392 g/mol. The molecule has 0 aromatic heterocycles. The molecule has 1 amide bonds. The van der Waals surface area contributed by atoms with E-state index in [9.17, 15) is 24.8 Å². The van der Waals surface area contributed by atoms with Crippen LogP contribution in [0.15, 0.2) is 30.3 Å². The van der Waals surface area contributed by atoms with Crippen LogP contribution in [-0.4, -0.2) is 35.1 Å². The summed E-state index contributed by atoms with van der Waals surface area (Å²) in [6.07, 6.45) is 0. The summed E-state index contributed by atoms with van der Waals surface area (Å²) in [4.78, 5) is 34.4. The van der Waals surface area contributed by atoms with Gasteiger partial charge in [-0.3, -0.25) is 14.9 Å². The Balaban J connectivity index is 2.04. The second-order valence-corrected chi connectivity index (χ2v) is 6.03. The maximum atomic E-state index is 12.1. The van der Waals surface area contributed by atoms with Gasteiger partial charge >= 0.3 is 5.97 Å². The first-order valence-electron chi connectivity index (χ1n) is 8.10. The fourth-order valence-electron chi connectivity index (χ4n) is 2.22. The van der Waals surface area contributed by atoms with Crippen LogP contribution in [0.1, 0.15) is 22.8 Å². The summed E-state index contributed by atoms with van der Waals surface area (Å²) in [6.45, 7) is 2.98. The van der Waals surface area contributed by atoms with Crippen LogP contribution in [0.25, 0.3) is 0 Å². The lowest BCUT2D eigenvalue weighted by Crippen LogP contribution is -2.21. The Morgan fingerprint density at radius 2 is 2.00 bits per heavy atom. The number of rotatable bonds is 7. The molecular formula is C18H17ClN2O7. The fourth-order valence-corrected chi connectivity index (χ4v) is 2.43. The van der Waals surface area contributed by atoms with Gasteiger partial charge in [0.2, 0.25) is 0 Å². The Morgan fingerprint density at radius 3 is 2.64 bits per heavy atom. The number of aromatic hydroxyl groups is 1. The zero-order chi connectivity index (χ0) is 20.8. The van der Waals surface area contributed by atoms with Gasteiger partial charge in [0, 0.05) is 12.1 Å². The van der Waals surface area contributed by atoms with Gasteiger partial charge in [-0.15, -0.1) is 0 Å². The third kappa shape index (κ3) is 5.10. The lowest BCUT2D eigenvalue weighted by Gasteiger charge is -2.11. The second kappa shape index (κ2) is 9.05. The van der Waals surface area contributed by atoms with Crippen LogP contribution in [0.5, 0.6) is 11.5 Å². The molecule has 28 heavy (non-hydrogen) atoms. The summed E-state index contributed by atoms with van der Waals surface area (Å²) in [5, 5.41) is 23.0. The van der Waals surface area contributed by atoms with E-state index in [-0.39, 0.29) is 40.1 Å². The number of carbonyl (C=O) groups excluding carboxylic acids is 2. The van der Waals surface area contributed by atoms with Gasteiger partial charge in [-0.25, -0.2) is 4.79 Å². The van der Waals surface area contributed by atoms with E-state index in [2.05, 4.69) is 5.32 Å². The van der Waals surface area contributed by atoms with E-state index in [1.165, 1.54) is 30.3 Å². The molecule has 0 saturated carbocycles. The Bertz CT molecular complexity index is 930. The highest BCUT2D eigenvalue weighted by atomic mass is 35.5. The smallest absolute Gasteiger partial charge is 0.338 e. The van der Waals surface area contributed by atoms with Crippen molar-refractivity contribution in [2.75, 3.05) is 18.5 Å². The number of phenols is 1. The summed E-state index contributed by atoms with van der Waals surface area (Å²) < 4.78 is 10.1. The minimum absolute atomic E-state index is 0.00872. The lowest BCUT2D eigenvalue weighted by molar-refractivity contribution is -0.384. The maximum absolute atomic E-state index is 12.1. The number of nitrogens with one attached hydrogen (secondary N) is 1. The lowest BCUT2D eigenvalue weighted by atomic mass is 10.2. The van der Waals surface area contributed by atoms with Crippen LogP contribution in [0.3, 0.4) is 0 Å². The topological polar surface area (TPSA) is 128 Å². The Hall–Kier alpha value is -3.33. The van der Waals surface area contributed by atoms with Crippen LogP contribution in [0.4, 0.5) is 11.4 Å². The predicted octanol–water partition coefficient (Wildman–Crippen LogP) is 3.46. The molecule has 10 heteroatoms. The summed E-state index contributed by atoms with van der Waals surface area (Å²) in [7, 11) is 0. The SMILES string of the molecule is CCOc1cc(C(=O)OCC(=O)Nc2cc([N+](=O)[O-])ccc2C)cc(Cl)c1O. The number of esters is 1. The fraction of sp³-hybridized carbons (Fsp3) is 0.222. The van der Waals surface area contributed by atoms with E-state index in [0.29, 0.717) is 5.56 Å². The average Bonchev–Trinajstić information content (AvgIpc) is 2.65. The molecule has 0 heterocycles. The minimum Gasteiger partial charge on any atom is -0.503 e. The van der Waals surface area contributed by atoms with Crippen LogP contribution in [0.2, 0.25) is 5.02 Å². The van der Waals surface area contributed by atoms with Crippen molar-refractivity contribution >= 4 is 34.9 Å². The molecule has 2 rings (SSSR count). The van der Waals surface area contributed by atoms with Gasteiger partial charge in [0.05, 0.1) is 27.8 Å². The number of phenolic OH excluding ortho intramolecular Hbond substituents is 1. The standard InChI is InChI=1S/C18H17ClN2O7/c1-3-27-15-7-11(6-13(19)17(15)23)18(24)28-9-16(22)20-14-8-12(21(25)26)5-4-10(14)2/h4-8,23H,3,9H2,1-2H3,(H,20,22). The first-order valence-corrected chi connectivity index (χ1v) is 8.48. The number of ether oxygens (including phenoxy) is 2. The predicted molar refractivity (Wildman–Crippen MR) is 101 cm³/mol. The molecule has 0 aliphatic rings. The van der Waals surface area contributed by atoms with Crippen molar-refractivity contribution < 1.29 is 29.1 Å². The first kappa shape index (κ1) is 21.0. The molecule has 0 unspecified atom stereocenters. The molecule has 2 aromatic carbocycles. The molecule has 0 radical (unpaired) electrons. The summed E-state index contributed by atoms with van der Waals surface area (Å²) in [5.74, 6) is -1.82. The summed E-state index contributed by atoms with van der Waals surface area (Å²) in [6, 6.07) is 6.45. The molecule has 0 fully saturated rings. The maximum Gasteiger partial charge on any atom is 0.338 e. The molecule has 0 aliphatic carbocycles. The van der Waals surface area contributed by atoms with Crippen LogP contribution in [0, 0.1) is 17.0 Å². The number of hydrogen-bond acceptors (Lipinski definition) is 7. The van der Waals surface area contributed by atoms with Crippen molar-refractivity contribution in [2.24, 2.45) is 0 Å². The highest BCUT2D eigenvalue weighted by molar-refractivity contribution is 6.32. The van der Waals surface area contributed by atoms with E-state index < -0.39 is 23.4 Å². The number of aryl methyl sites for hydroxylation is 1. The summed E-state index contributed by atoms with van der Waals surface area (Å²) in [5.41, 5.74) is 0.657. The van der Waals surface area contributed by atoms with Crippen molar-refractivity contribution in [3.05, 3.63) is 56.6 Å². The molecule has 0 atom stereocenters. The number of halogens is 1. The zero-order valence-electron chi connectivity index (χ0n) is 15.0. The molecule has 2 N–H and O–H groups in total. The van der Waals surface area contributed by atoms with Crippen molar-refractivity contribution in [1.29, 1.82) is 0 Å². The summed E-state index contributed by atoms with van der Waals surface area (Å²) >= 11 is 5.85. The number of hydrogen-bond donors (Lipinski definition) is 2. The van der Waals surface area contributed by atoms with Gasteiger partial charge in [-0.2, -0.15) is 0 Å². The van der Waals surface area contributed by atoms with Crippen molar-refractivity contribution in [3.8, 4) is 11.5 Å². The number of nitrogens with zero attached hydrogens (tertiary/aromatic N) is 1. The Kier molecular flexibility index (Phi) is 6.78. The largest absolute Gasteiger partial charge is 0.503 e.